The van der Waals surface area contributed by atoms with Gasteiger partial charge in [0.25, 0.3) is 10.0 Å². The van der Waals surface area contributed by atoms with Gasteiger partial charge in [0.15, 0.2) is 5.65 Å². The Bertz CT molecular complexity index is 1180. The van der Waals surface area contributed by atoms with Crippen molar-refractivity contribution >= 4 is 43.9 Å². The quantitative estimate of drug-likeness (QED) is 0.586. The predicted octanol–water partition coefficient (Wildman–Crippen LogP) is 2.97. The van der Waals surface area contributed by atoms with Gasteiger partial charge in [-0.25, -0.2) is 17.9 Å². The van der Waals surface area contributed by atoms with Crippen LogP contribution in [0, 0.1) is 6.92 Å². The summed E-state index contributed by atoms with van der Waals surface area (Å²) >= 11 is 5.93. The Morgan fingerprint density at radius 1 is 1.29 bits per heavy atom. The molecule has 0 aliphatic heterocycles. The summed E-state index contributed by atoms with van der Waals surface area (Å²) in [6, 6.07) is 4.99. The second kappa shape index (κ2) is 5.22. The Balaban J connectivity index is 1.75. The second-order valence-corrected chi connectivity index (χ2v) is 7.47. The third-order valence-electron chi connectivity index (χ3n) is 3.68. The summed E-state index contributed by atoms with van der Waals surface area (Å²) in [5.41, 5.74) is 2.57. The Hall–Kier alpha value is -2.58. The maximum Gasteiger partial charge on any atom is 0.264 e. The van der Waals surface area contributed by atoms with Crippen LogP contribution in [-0.4, -0.2) is 28.0 Å². The molecular weight excluding hydrogens is 350 g/mol. The van der Waals surface area contributed by atoms with Gasteiger partial charge in [0.2, 0.25) is 0 Å². The lowest BCUT2D eigenvalue weighted by Crippen LogP contribution is -2.13. The fraction of sp³-hybridized carbons (Fsp3) is 0.0667. The normalized spacial score (nSPS) is 12.1. The van der Waals surface area contributed by atoms with E-state index in [-0.39, 0.29) is 4.90 Å². The third-order valence-corrected chi connectivity index (χ3v) is 5.34. The summed E-state index contributed by atoms with van der Waals surface area (Å²) in [4.78, 5) is 7.29. The van der Waals surface area contributed by atoms with Crippen LogP contribution in [0.2, 0.25) is 5.02 Å². The van der Waals surface area contributed by atoms with Gasteiger partial charge >= 0.3 is 0 Å². The number of hydrogen-bond acceptors (Lipinski definition) is 4. The van der Waals surface area contributed by atoms with Crippen molar-refractivity contribution in [3.8, 4) is 0 Å². The van der Waals surface area contributed by atoms with Crippen LogP contribution in [0.1, 0.15) is 5.56 Å². The zero-order valence-corrected chi connectivity index (χ0v) is 14.1. The molecule has 7 nitrogen and oxygen atoms in total. The molecule has 9 heteroatoms. The van der Waals surface area contributed by atoms with Gasteiger partial charge in [0.05, 0.1) is 24.3 Å². The topological polar surface area (TPSA) is 92.1 Å². The first-order chi connectivity index (χ1) is 11.4. The van der Waals surface area contributed by atoms with E-state index < -0.39 is 10.0 Å². The van der Waals surface area contributed by atoms with Crippen molar-refractivity contribution in [3.63, 3.8) is 0 Å². The minimum Gasteiger partial charge on any atom is -0.360 e. The lowest BCUT2D eigenvalue weighted by Gasteiger charge is -2.07. The zero-order valence-electron chi connectivity index (χ0n) is 12.5. The fourth-order valence-corrected chi connectivity index (χ4v) is 3.93. The van der Waals surface area contributed by atoms with Gasteiger partial charge in [-0.05, 0) is 25.1 Å². The summed E-state index contributed by atoms with van der Waals surface area (Å²) in [6.07, 6.45) is 6.16. The van der Waals surface area contributed by atoms with Gasteiger partial charge in [-0.2, -0.15) is 5.10 Å². The van der Waals surface area contributed by atoms with Crippen LogP contribution in [0.5, 0.6) is 0 Å². The van der Waals surface area contributed by atoms with Gasteiger partial charge in [-0.15, -0.1) is 0 Å². The molecular formula is C15H12ClN5O2S. The van der Waals surface area contributed by atoms with Crippen LogP contribution in [0.25, 0.3) is 16.6 Å². The molecule has 3 heterocycles. The summed E-state index contributed by atoms with van der Waals surface area (Å²) in [5.74, 6) is 0. The molecule has 0 bridgehead atoms. The highest BCUT2D eigenvalue weighted by Crippen LogP contribution is 2.27. The number of benzene rings is 1. The SMILES string of the molecule is Cc1cnn2cc(NS(=O)(=O)c3c[nH]c4cc(Cl)ccc34)cnc12. The molecule has 0 unspecified atom stereocenters. The highest BCUT2D eigenvalue weighted by Gasteiger charge is 2.19. The molecule has 0 spiro atoms. The highest BCUT2D eigenvalue weighted by atomic mass is 35.5. The molecule has 4 aromatic rings. The smallest absolute Gasteiger partial charge is 0.264 e. The van der Waals surface area contributed by atoms with Crippen LogP contribution in [0.4, 0.5) is 5.69 Å². The van der Waals surface area contributed by atoms with Crippen LogP contribution in [0.15, 0.2) is 47.9 Å². The van der Waals surface area contributed by atoms with Crippen molar-refractivity contribution < 1.29 is 8.42 Å². The number of aryl methyl sites for hydroxylation is 1. The van der Waals surface area contributed by atoms with E-state index in [0.717, 1.165) is 5.56 Å². The van der Waals surface area contributed by atoms with Crippen molar-refractivity contribution in [2.75, 3.05) is 4.72 Å². The maximum absolute atomic E-state index is 12.7. The lowest BCUT2D eigenvalue weighted by atomic mass is 10.2. The number of nitrogens with one attached hydrogen (secondary N) is 2. The number of fused-ring (bicyclic) bond motifs is 2. The van der Waals surface area contributed by atoms with Crippen molar-refractivity contribution in [1.29, 1.82) is 0 Å². The largest absolute Gasteiger partial charge is 0.360 e. The van der Waals surface area contributed by atoms with E-state index in [9.17, 15) is 8.42 Å². The molecule has 0 radical (unpaired) electrons. The van der Waals surface area contributed by atoms with E-state index >= 15 is 0 Å². The van der Waals surface area contributed by atoms with Crippen molar-refractivity contribution in [2.45, 2.75) is 11.8 Å². The van der Waals surface area contributed by atoms with Crippen molar-refractivity contribution in [2.24, 2.45) is 0 Å². The average Bonchev–Trinajstić information content (AvgIpc) is 3.11. The average molecular weight is 362 g/mol. The maximum atomic E-state index is 12.7. The number of sulfonamides is 1. The highest BCUT2D eigenvalue weighted by molar-refractivity contribution is 7.93. The molecule has 24 heavy (non-hydrogen) atoms. The fourth-order valence-electron chi connectivity index (χ4n) is 2.55. The van der Waals surface area contributed by atoms with Gasteiger partial charge in [-0.3, -0.25) is 4.72 Å². The summed E-state index contributed by atoms with van der Waals surface area (Å²) < 4.78 is 29.4. The first-order valence-electron chi connectivity index (χ1n) is 7.03. The molecule has 0 amide bonds. The number of H-pyrrole nitrogens is 1. The van der Waals surface area contributed by atoms with Gasteiger partial charge in [0.1, 0.15) is 4.90 Å². The summed E-state index contributed by atoms with van der Waals surface area (Å²) in [7, 11) is -3.78. The number of hydrogen-bond donors (Lipinski definition) is 2. The number of aromatic nitrogens is 4. The number of aromatic amines is 1. The second-order valence-electron chi connectivity index (χ2n) is 5.39. The van der Waals surface area contributed by atoms with Gasteiger partial charge in [0, 0.05) is 27.7 Å². The number of halogens is 1. The van der Waals surface area contributed by atoms with E-state index in [1.54, 1.807) is 30.6 Å². The molecule has 0 aliphatic carbocycles. The third kappa shape index (κ3) is 2.40. The van der Waals surface area contributed by atoms with E-state index in [1.807, 2.05) is 6.92 Å². The van der Waals surface area contributed by atoms with Crippen LogP contribution < -0.4 is 4.72 Å². The minimum atomic E-state index is -3.78. The van der Waals surface area contributed by atoms with E-state index in [0.29, 0.717) is 27.3 Å². The number of nitrogens with zero attached hydrogens (tertiary/aromatic N) is 3. The first-order valence-corrected chi connectivity index (χ1v) is 8.89. The van der Waals surface area contributed by atoms with Crippen molar-refractivity contribution in [3.05, 3.63) is 53.6 Å². The summed E-state index contributed by atoms with van der Waals surface area (Å²) in [5, 5.41) is 5.23. The first kappa shape index (κ1) is 15.0. The van der Waals surface area contributed by atoms with Gasteiger partial charge in [-0.1, -0.05) is 11.6 Å². The Labute approximate surface area is 142 Å². The zero-order chi connectivity index (χ0) is 16.9. The Kier molecular flexibility index (Phi) is 3.26. The van der Waals surface area contributed by atoms with Gasteiger partial charge < -0.3 is 4.98 Å². The van der Waals surface area contributed by atoms with E-state index in [1.165, 1.54) is 16.9 Å². The molecule has 0 atom stereocenters. The summed E-state index contributed by atoms with van der Waals surface area (Å²) in [6.45, 7) is 1.89. The minimum absolute atomic E-state index is 0.144. The standard InChI is InChI=1S/C15H12ClN5O2S/c1-9-5-19-21-8-11(6-18-15(9)21)20-24(22,23)14-7-17-13-4-10(16)2-3-12(13)14/h2-8,17,20H,1H3. The molecule has 0 saturated heterocycles. The molecule has 3 aromatic heterocycles. The molecule has 2 N–H and O–H groups in total. The molecule has 0 saturated carbocycles. The number of rotatable bonds is 3. The molecule has 122 valence electrons. The lowest BCUT2D eigenvalue weighted by molar-refractivity contribution is 0.602. The molecule has 0 aliphatic rings. The number of anilines is 1. The predicted molar refractivity (Wildman–Crippen MR) is 91.8 cm³/mol. The van der Waals surface area contributed by atoms with Crippen LogP contribution in [0.3, 0.4) is 0 Å². The van der Waals surface area contributed by atoms with E-state index in [2.05, 4.69) is 19.8 Å². The Morgan fingerprint density at radius 3 is 2.96 bits per heavy atom. The van der Waals surface area contributed by atoms with Crippen LogP contribution in [-0.2, 0) is 10.0 Å². The van der Waals surface area contributed by atoms with E-state index in [4.69, 9.17) is 11.6 Å². The van der Waals surface area contributed by atoms with Crippen molar-refractivity contribution in [1.82, 2.24) is 19.6 Å². The van der Waals surface area contributed by atoms with Crippen LogP contribution >= 0.6 is 11.6 Å². The molecule has 0 fully saturated rings. The Morgan fingerprint density at radius 2 is 2.12 bits per heavy atom. The molecule has 4 rings (SSSR count). The monoisotopic (exact) mass is 361 g/mol. The molecule has 1 aromatic carbocycles.